The molecule has 0 aromatic heterocycles. The summed E-state index contributed by atoms with van der Waals surface area (Å²) in [5, 5.41) is 7.42. The van der Waals surface area contributed by atoms with Crippen molar-refractivity contribution in [3.8, 4) is 0 Å². The van der Waals surface area contributed by atoms with Crippen LogP contribution in [-0.4, -0.2) is 23.2 Å². The molecule has 3 nitrogen and oxygen atoms in total. The highest BCUT2D eigenvalue weighted by Crippen LogP contribution is 2.44. The standard InChI is InChI=1S/C26H31ClN2O/c1-2-3-5-12-24-23(20-10-6-4-7-11-20)19-29(28-24)25(30)26(17-8-9-18-26)21-13-15-22(27)16-14-21/h4,6-7,10-11,13-16,23H,2-3,5,8-9,12,17-19H2,1H3. The summed E-state index contributed by atoms with van der Waals surface area (Å²) >= 11 is 6.12. The van der Waals surface area contributed by atoms with Crippen LogP contribution in [0.15, 0.2) is 59.7 Å². The highest BCUT2D eigenvalue weighted by molar-refractivity contribution is 6.30. The van der Waals surface area contributed by atoms with E-state index in [2.05, 4.69) is 31.2 Å². The molecule has 2 aromatic carbocycles. The Bertz CT molecular complexity index is 885. The largest absolute Gasteiger partial charge is 0.272 e. The Morgan fingerprint density at radius 3 is 2.43 bits per heavy atom. The van der Waals surface area contributed by atoms with Gasteiger partial charge in [0.1, 0.15) is 0 Å². The van der Waals surface area contributed by atoms with Gasteiger partial charge in [-0.05, 0) is 48.9 Å². The van der Waals surface area contributed by atoms with Gasteiger partial charge in [0, 0.05) is 16.7 Å². The molecule has 4 rings (SSSR count). The number of hydrogen-bond donors (Lipinski definition) is 0. The summed E-state index contributed by atoms with van der Waals surface area (Å²) in [6.07, 6.45) is 8.42. The summed E-state index contributed by atoms with van der Waals surface area (Å²) in [4.78, 5) is 13.9. The van der Waals surface area contributed by atoms with E-state index in [1.807, 2.05) is 30.3 Å². The third kappa shape index (κ3) is 4.18. The van der Waals surface area contributed by atoms with Crippen LogP contribution in [0.4, 0.5) is 0 Å². The number of carbonyl (C=O) groups excluding carboxylic acids is 1. The maximum Gasteiger partial charge on any atom is 0.253 e. The van der Waals surface area contributed by atoms with E-state index in [0.29, 0.717) is 11.6 Å². The molecule has 1 aliphatic carbocycles. The molecule has 1 unspecified atom stereocenters. The third-order valence-corrected chi connectivity index (χ3v) is 7.00. The number of nitrogens with zero attached hydrogens (tertiary/aromatic N) is 2. The molecule has 0 spiro atoms. The first kappa shape index (κ1) is 21.1. The van der Waals surface area contributed by atoms with E-state index in [9.17, 15) is 4.79 Å². The Kier molecular flexibility index (Phi) is 6.58. The molecule has 0 radical (unpaired) electrons. The molecule has 1 aliphatic heterocycles. The minimum absolute atomic E-state index is 0.161. The number of halogens is 1. The van der Waals surface area contributed by atoms with Crippen LogP contribution in [0.5, 0.6) is 0 Å². The SMILES string of the molecule is CCCCCC1=NN(C(=O)C2(c3ccc(Cl)cc3)CCCC2)CC1c1ccccc1. The van der Waals surface area contributed by atoms with E-state index in [-0.39, 0.29) is 11.8 Å². The predicted octanol–water partition coefficient (Wildman–Crippen LogP) is 6.71. The first-order chi connectivity index (χ1) is 14.6. The summed E-state index contributed by atoms with van der Waals surface area (Å²) in [5.41, 5.74) is 3.04. The van der Waals surface area contributed by atoms with E-state index in [4.69, 9.17) is 16.7 Å². The van der Waals surface area contributed by atoms with E-state index >= 15 is 0 Å². The van der Waals surface area contributed by atoms with Gasteiger partial charge in [0.2, 0.25) is 0 Å². The molecule has 158 valence electrons. The van der Waals surface area contributed by atoms with E-state index in [1.54, 1.807) is 5.01 Å². The number of hydrazone groups is 1. The first-order valence-corrected chi connectivity index (χ1v) is 11.7. The lowest BCUT2D eigenvalue weighted by Gasteiger charge is -2.31. The van der Waals surface area contributed by atoms with Crippen molar-refractivity contribution in [2.45, 2.75) is 69.6 Å². The Morgan fingerprint density at radius 2 is 1.77 bits per heavy atom. The van der Waals surface area contributed by atoms with Crippen LogP contribution in [-0.2, 0) is 10.2 Å². The maximum atomic E-state index is 13.9. The molecule has 0 saturated heterocycles. The Hall–Kier alpha value is -2.13. The smallest absolute Gasteiger partial charge is 0.253 e. The Morgan fingerprint density at radius 1 is 1.07 bits per heavy atom. The minimum atomic E-state index is -0.464. The van der Waals surface area contributed by atoms with E-state index in [1.165, 1.54) is 18.4 Å². The Labute approximate surface area is 185 Å². The zero-order valence-corrected chi connectivity index (χ0v) is 18.6. The summed E-state index contributed by atoms with van der Waals surface area (Å²) in [6, 6.07) is 18.4. The zero-order valence-electron chi connectivity index (χ0n) is 17.8. The van der Waals surface area contributed by atoms with Crippen LogP contribution >= 0.6 is 11.6 Å². The molecule has 1 amide bonds. The number of benzene rings is 2. The van der Waals surface area contributed by atoms with Crippen LogP contribution in [0.1, 0.15) is 75.3 Å². The van der Waals surface area contributed by atoms with Gasteiger partial charge in [-0.3, -0.25) is 4.79 Å². The average Bonchev–Trinajstić information content (AvgIpc) is 3.43. The molecule has 1 atom stereocenters. The fourth-order valence-electron chi connectivity index (χ4n) is 5.06. The molecule has 2 aromatic rings. The van der Waals surface area contributed by atoms with Crippen molar-refractivity contribution in [1.82, 2.24) is 5.01 Å². The van der Waals surface area contributed by atoms with Crippen LogP contribution in [0, 0.1) is 0 Å². The van der Waals surface area contributed by atoms with Crippen molar-refractivity contribution in [3.05, 3.63) is 70.7 Å². The fraction of sp³-hybridized carbons (Fsp3) is 0.462. The topological polar surface area (TPSA) is 32.7 Å². The molecular weight excluding hydrogens is 392 g/mol. The molecule has 1 saturated carbocycles. The molecule has 1 heterocycles. The van der Waals surface area contributed by atoms with Gasteiger partial charge < -0.3 is 0 Å². The van der Waals surface area contributed by atoms with Gasteiger partial charge in [-0.15, -0.1) is 0 Å². The number of hydrogen-bond acceptors (Lipinski definition) is 2. The molecule has 2 aliphatic rings. The minimum Gasteiger partial charge on any atom is -0.272 e. The lowest BCUT2D eigenvalue weighted by Crippen LogP contribution is -2.42. The highest BCUT2D eigenvalue weighted by atomic mass is 35.5. The molecule has 1 fully saturated rings. The number of rotatable bonds is 7. The molecule has 4 heteroatoms. The summed E-state index contributed by atoms with van der Waals surface area (Å²) in [7, 11) is 0. The number of carbonyl (C=O) groups is 1. The Balaban J connectivity index is 1.62. The number of amides is 1. The molecular formula is C26H31ClN2O. The monoisotopic (exact) mass is 422 g/mol. The molecule has 30 heavy (non-hydrogen) atoms. The van der Waals surface area contributed by atoms with Gasteiger partial charge in [-0.25, -0.2) is 5.01 Å². The molecule has 0 bridgehead atoms. The third-order valence-electron chi connectivity index (χ3n) is 6.74. The van der Waals surface area contributed by atoms with E-state index < -0.39 is 5.41 Å². The van der Waals surface area contributed by atoms with Crippen LogP contribution in [0.25, 0.3) is 0 Å². The summed E-state index contributed by atoms with van der Waals surface area (Å²) in [6.45, 7) is 2.87. The van der Waals surface area contributed by atoms with Crippen LogP contribution in [0.2, 0.25) is 5.02 Å². The van der Waals surface area contributed by atoms with Gasteiger partial charge >= 0.3 is 0 Å². The zero-order chi connectivity index (χ0) is 21.0. The van der Waals surface area contributed by atoms with Gasteiger partial charge in [-0.1, -0.05) is 86.7 Å². The lowest BCUT2D eigenvalue weighted by atomic mass is 9.77. The van der Waals surface area contributed by atoms with Crippen molar-refractivity contribution in [2.75, 3.05) is 6.54 Å². The van der Waals surface area contributed by atoms with Crippen molar-refractivity contribution < 1.29 is 4.79 Å². The van der Waals surface area contributed by atoms with Crippen molar-refractivity contribution in [1.29, 1.82) is 0 Å². The number of unbranched alkanes of at least 4 members (excludes halogenated alkanes) is 2. The van der Waals surface area contributed by atoms with Gasteiger partial charge in [0.05, 0.1) is 12.0 Å². The van der Waals surface area contributed by atoms with Crippen molar-refractivity contribution >= 4 is 23.2 Å². The molecule has 0 N–H and O–H groups in total. The van der Waals surface area contributed by atoms with Gasteiger partial charge in [0.15, 0.2) is 0 Å². The highest BCUT2D eigenvalue weighted by Gasteiger charge is 2.47. The van der Waals surface area contributed by atoms with Gasteiger partial charge in [0.25, 0.3) is 5.91 Å². The quantitative estimate of drug-likeness (QED) is 0.456. The predicted molar refractivity (Wildman–Crippen MR) is 124 cm³/mol. The maximum absolute atomic E-state index is 13.9. The lowest BCUT2D eigenvalue weighted by molar-refractivity contribution is -0.137. The van der Waals surface area contributed by atoms with Crippen molar-refractivity contribution in [2.24, 2.45) is 5.10 Å². The van der Waals surface area contributed by atoms with Crippen LogP contribution < -0.4 is 0 Å². The normalized spacial score (nSPS) is 20.4. The van der Waals surface area contributed by atoms with Crippen molar-refractivity contribution in [3.63, 3.8) is 0 Å². The fourth-order valence-corrected chi connectivity index (χ4v) is 5.18. The van der Waals surface area contributed by atoms with Gasteiger partial charge in [-0.2, -0.15) is 5.10 Å². The second-order valence-electron chi connectivity index (χ2n) is 8.70. The summed E-state index contributed by atoms with van der Waals surface area (Å²) in [5.74, 6) is 0.365. The second-order valence-corrected chi connectivity index (χ2v) is 9.13. The first-order valence-electron chi connectivity index (χ1n) is 11.3. The van der Waals surface area contributed by atoms with E-state index in [0.717, 1.165) is 49.8 Å². The summed E-state index contributed by atoms with van der Waals surface area (Å²) < 4.78 is 0. The van der Waals surface area contributed by atoms with Crippen LogP contribution in [0.3, 0.4) is 0 Å². The average molecular weight is 423 g/mol. The second kappa shape index (κ2) is 9.34.